The van der Waals surface area contributed by atoms with Crippen LogP contribution >= 0.6 is 11.3 Å². The zero-order valence-corrected chi connectivity index (χ0v) is 19.8. The van der Waals surface area contributed by atoms with Crippen LogP contribution in [-0.4, -0.2) is 50.5 Å². The predicted molar refractivity (Wildman–Crippen MR) is 130 cm³/mol. The number of anilines is 1. The standard InChI is InChI=1S/C25H26N6O2S/c1-31-12-10-25(33,23(31)32)18-4-2-3-17(13-18)22-29-21(15-34-22)20-9-11-27-24(30-20)28-19-7-5-16(14-26)6-8-19/h2-4,9,11,13,15-16,19,33H,5-8,10,12H2,1H3,(H,27,28,30)/t16?,19?,25-/m1/s1. The number of aromatic nitrogens is 3. The van der Waals surface area contributed by atoms with Crippen LogP contribution in [0.3, 0.4) is 0 Å². The number of nitrogens with one attached hydrogen (secondary N) is 1. The molecule has 1 aromatic carbocycles. The number of nitriles is 1. The second-order valence-corrected chi connectivity index (χ2v) is 9.90. The number of benzene rings is 1. The van der Waals surface area contributed by atoms with E-state index in [9.17, 15) is 9.90 Å². The van der Waals surface area contributed by atoms with Gasteiger partial charge in [-0.15, -0.1) is 11.3 Å². The second-order valence-electron chi connectivity index (χ2n) is 9.04. The van der Waals surface area contributed by atoms with Crippen molar-refractivity contribution in [1.29, 1.82) is 5.26 Å². The maximum atomic E-state index is 12.5. The minimum Gasteiger partial charge on any atom is -0.375 e. The molecule has 1 aliphatic carbocycles. The quantitative estimate of drug-likeness (QED) is 0.578. The summed E-state index contributed by atoms with van der Waals surface area (Å²) in [4.78, 5) is 27.9. The highest BCUT2D eigenvalue weighted by atomic mass is 32.1. The highest BCUT2D eigenvalue weighted by molar-refractivity contribution is 7.13. The Morgan fingerprint density at radius 1 is 1.21 bits per heavy atom. The third kappa shape index (κ3) is 4.27. The molecular weight excluding hydrogens is 448 g/mol. The van der Waals surface area contributed by atoms with Gasteiger partial charge in [-0.2, -0.15) is 5.26 Å². The summed E-state index contributed by atoms with van der Waals surface area (Å²) in [5.74, 6) is 0.456. The fraction of sp³-hybridized carbons (Fsp3) is 0.400. The molecule has 1 atom stereocenters. The average Bonchev–Trinajstić information content (AvgIpc) is 3.47. The summed E-state index contributed by atoms with van der Waals surface area (Å²) in [6.07, 6.45) is 5.78. The zero-order chi connectivity index (χ0) is 23.7. The largest absolute Gasteiger partial charge is 0.375 e. The number of aliphatic hydroxyl groups is 1. The van der Waals surface area contributed by atoms with Crippen LogP contribution in [0.25, 0.3) is 22.0 Å². The van der Waals surface area contributed by atoms with Crippen LogP contribution in [0.1, 0.15) is 37.7 Å². The molecule has 34 heavy (non-hydrogen) atoms. The number of likely N-dealkylation sites (N-methyl/N-ethyl adjacent to an activating group) is 1. The van der Waals surface area contributed by atoms with Crippen molar-refractivity contribution in [3.05, 3.63) is 47.5 Å². The Balaban J connectivity index is 1.34. The molecule has 0 spiro atoms. The molecule has 0 unspecified atom stereocenters. The molecule has 2 N–H and O–H groups in total. The Labute approximate surface area is 202 Å². The van der Waals surface area contributed by atoms with Gasteiger partial charge in [0.15, 0.2) is 5.60 Å². The van der Waals surface area contributed by atoms with Gasteiger partial charge >= 0.3 is 0 Å². The molecule has 1 amide bonds. The third-order valence-corrected chi connectivity index (χ3v) is 7.65. The lowest BCUT2D eigenvalue weighted by molar-refractivity contribution is -0.143. The molecule has 174 valence electrons. The summed E-state index contributed by atoms with van der Waals surface area (Å²) < 4.78 is 0. The van der Waals surface area contributed by atoms with Gasteiger partial charge in [-0.05, 0) is 43.4 Å². The van der Waals surface area contributed by atoms with Crippen LogP contribution < -0.4 is 5.32 Å². The van der Waals surface area contributed by atoms with Crippen LogP contribution in [0.4, 0.5) is 5.95 Å². The minimum atomic E-state index is -1.48. The third-order valence-electron chi connectivity index (χ3n) is 6.76. The fourth-order valence-corrected chi connectivity index (χ4v) is 5.49. The topological polar surface area (TPSA) is 115 Å². The number of hydrogen-bond acceptors (Lipinski definition) is 8. The molecule has 1 saturated heterocycles. The fourth-order valence-electron chi connectivity index (χ4n) is 4.68. The van der Waals surface area contributed by atoms with Gasteiger partial charge in [0.25, 0.3) is 5.91 Å². The van der Waals surface area contributed by atoms with Crippen molar-refractivity contribution in [3.8, 4) is 28.0 Å². The van der Waals surface area contributed by atoms with E-state index in [0.717, 1.165) is 47.6 Å². The van der Waals surface area contributed by atoms with Gasteiger partial charge < -0.3 is 15.3 Å². The molecule has 9 heteroatoms. The lowest BCUT2D eigenvalue weighted by Crippen LogP contribution is -2.36. The van der Waals surface area contributed by atoms with Gasteiger partial charge in [-0.3, -0.25) is 4.79 Å². The number of rotatable bonds is 5. The molecule has 0 radical (unpaired) electrons. The lowest BCUT2D eigenvalue weighted by atomic mass is 9.87. The normalized spacial score (nSPS) is 24.7. The van der Waals surface area contributed by atoms with Crippen LogP contribution in [0, 0.1) is 17.2 Å². The second kappa shape index (κ2) is 9.12. The molecule has 2 fully saturated rings. The van der Waals surface area contributed by atoms with Gasteiger partial charge in [0.05, 0.1) is 11.8 Å². The first-order valence-corrected chi connectivity index (χ1v) is 12.4. The Hall–Kier alpha value is -3.35. The van der Waals surface area contributed by atoms with E-state index in [0.29, 0.717) is 24.5 Å². The number of thiazole rings is 1. The first-order valence-electron chi connectivity index (χ1n) is 11.5. The van der Waals surface area contributed by atoms with Crippen molar-refractivity contribution >= 4 is 23.2 Å². The van der Waals surface area contributed by atoms with Crippen molar-refractivity contribution in [2.75, 3.05) is 18.9 Å². The van der Waals surface area contributed by atoms with Crippen molar-refractivity contribution < 1.29 is 9.90 Å². The summed E-state index contributed by atoms with van der Waals surface area (Å²) in [6, 6.07) is 11.9. The van der Waals surface area contributed by atoms with E-state index in [1.807, 2.05) is 29.6 Å². The van der Waals surface area contributed by atoms with Gasteiger partial charge in [0.2, 0.25) is 5.95 Å². The average molecular weight is 475 g/mol. The van der Waals surface area contributed by atoms with Crippen LogP contribution in [0.2, 0.25) is 0 Å². The molecule has 5 rings (SSSR count). The molecular formula is C25H26N6O2S. The van der Waals surface area contributed by atoms with Crippen LogP contribution in [-0.2, 0) is 10.4 Å². The number of nitrogens with zero attached hydrogens (tertiary/aromatic N) is 5. The minimum absolute atomic E-state index is 0.158. The first kappa shape index (κ1) is 22.4. The van der Waals surface area contributed by atoms with E-state index in [1.165, 1.54) is 11.3 Å². The van der Waals surface area contributed by atoms with E-state index >= 15 is 0 Å². The number of hydrogen-bond donors (Lipinski definition) is 2. The zero-order valence-electron chi connectivity index (χ0n) is 18.9. The lowest BCUT2D eigenvalue weighted by Gasteiger charge is -2.25. The monoisotopic (exact) mass is 474 g/mol. The number of carbonyl (C=O) groups is 1. The van der Waals surface area contributed by atoms with Gasteiger partial charge in [-0.25, -0.2) is 15.0 Å². The molecule has 8 nitrogen and oxygen atoms in total. The number of carbonyl (C=O) groups excluding carboxylic acids is 1. The Bertz CT molecular complexity index is 1250. The van der Waals surface area contributed by atoms with Crippen molar-refractivity contribution in [3.63, 3.8) is 0 Å². The van der Waals surface area contributed by atoms with Crippen LogP contribution in [0.15, 0.2) is 41.9 Å². The van der Waals surface area contributed by atoms with Crippen molar-refractivity contribution in [2.24, 2.45) is 5.92 Å². The molecule has 3 aromatic rings. The molecule has 1 saturated carbocycles. The summed E-state index contributed by atoms with van der Waals surface area (Å²) in [5, 5.41) is 26.2. The summed E-state index contributed by atoms with van der Waals surface area (Å²) in [5.41, 5.74) is 1.44. The van der Waals surface area contributed by atoms with Gasteiger partial charge in [-0.1, -0.05) is 18.2 Å². The highest BCUT2D eigenvalue weighted by Gasteiger charge is 2.45. The van der Waals surface area contributed by atoms with Gasteiger partial charge in [0.1, 0.15) is 10.7 Å². The Morgan fingerprint density at radius 2 is 2.03 bits per heavy atom. The van der Waals surface area contributed by atoms with E-state index in [2.05, 4.69) is 21.4 Å². The SMILES string of the molecule is CN1CC[C@@](O)(c2cccc(-c3nc(-c4ccnc(NC5CCC(C#N)CC5)n4)cs3)c2)C1=O. The first-order chi connectivity index (χ1) is 16.5. The summed E-state index contributed by atoms with van der Waals surface area (Å²) in [7, 11) is 1.71. The molecule has 3 heterocycles. The molecule has 1 aliphatic heterocycles. The van der Waals surface area contributed by atoms with E-state index in [4.69, 9.17) is 10.2 Å². The predicted octanol–water partition coefficient (Wildman–Crippen LogP) is 3.81. The maximum absolute atomic E-state index is 12.5. The maximum Gasteiger partial charge on any atom is 0.258 e. The van der Waals surface area contributed by atoms with Crippen molar-refractivity contribution in [2.45, 2.75) is 43.7 Å². The Morgan fingerprint density at radius 3 is 2.76 bits per heavy atom. The smallest absolute Gasteiger partial charge is 0.258 e. The summed E-state index contributed by atoms with van der Waals surface area (Å²) in [6.45, 7) is 0.533. The van der Waals surface area contributed by atoms with Crippen LogP contribution in [0.5, 0.6) is 0 Å². The van der Waals surface area contributed by atoms with E-state index < -0.39 is 5.60 Å². The summed E-state index contributed by atoms with van der Waals surface area (Å²) >= 11 is 1.49. The van der Waals surface area contributed by atoms with E-state index in [1.54, 1.807) is 24.2 Å². The highest BCUT2D eigenvalue weighted by Crippen LogP contribution is 2.36. The Kier molecular flexibility index (Phi) is 6.02. The van der Waals surface area contributed by atoms with Gasteiger partial charge in [0, 0.05) is 49.1 Å². The number of likely N-dealkylation sites (tertiary alicyclic amines) is 1. The molecule has 2 aromatic heterocycles. The van der Waals surface area contributed by atoms with Crippen molar-refractivity contribution in [1.82, 2.24) is 19.9 Å². The van der Waals surface area contributed by atoms with E-state index in [-0.39, 0.29) is 17.9 Å². The number of amides is 1. The molecule has 2 aliphatic rings. The molecule has 0 bridgehead atoms.